The highest BCUT2D eigenvalue weighted by Gasteiger charge is 2.09. The van der Waals surface area contributed by atoms with Crippen LogP contribution in [0.3, 0.4) is 0 Å². The van der Waals surface area contributed by atoms with Crippen LogP contribution in [0.5, 0.6) is 5.75 Å². The molecule has 7 heteroatoms. The van der Waals surface area contributed by atoms with Crippen LogP contribution in [-0.2, 0) is 13.0 Å². The number of rotatable bonds is 8. The summed E-state index contributed by atoms with van der Waals surface area (Å²) in [7, 11) is 1.60. The molecule has 0 spiro atoms. The van der Waals surface area contributed by atoms with Crippen molar-refractivity contribution in [2.45, 2.75) is 13.0 Å². The smallest absolute Gasteiger partial charge is 0.271 e. The Morgan fingerprint density at radius 2 is 1.96 bits per heavy atom. The van der Waals surface area contributed by atoms with E-state index in [9.17, 15) is 4.79 Å². The number of carbonyl (C=O) groups excluding carboxylic acids is 1. The third-order valence-corrected chi connectivity index (χ3v) is 4.36. The molecule has 0 saturated heterocycles. The van der Waals surface area contributed by atoms with Crippen molar-refractivity contribution in [3.63, 3.8) is 0 Å². The van der Waals surface area contributed by atoms with Gasteiger partial charge in [0.05, 0.1) is 19.5 Å². The maximum absolute atomic E-state index is 12.3. The quantitative estimate of drug-likeness (QED) is 0.606. The highest BCUT2D eigenvalue weighted by molar-refractivity contribution is 6.30. The van der Waals surface area contributed by atoms with Crippen molar-refractivity contribution < 1.29 is 9.53 Å². The minimum Gasteiger partial charge on any atom is -0.496 e. The first-order valence-electron chi connectivity index (χ1n) is 8.86. The van der Waals surface area contributed by atoms with E-state index in [1.807, 2.05) is 48.5 Å². The summed E-state index contributed by atoms with van der Waals surface area (Å²) >= 11 is 5.98. The minimum atomic E-state index is -0.288. The maximum atomic E-state index is 12.3. The molecule has 1 amide bonds. The number of para-hydroxylation sites is 1. The van der Waals surface area contributed by atoms with E-state index in [0.29, 0.717) is 18.9 Å². The van der Waals surface area contributed by atoms with Gasteiger partial charge in [-0.15, -0.1) is 0 Å². The summed E-state index contributed by atoms with van der Waals surface area (Å²) in [6.07, 6.45) is 3.82. The van der Waals surface area contributed by atoms with Crippen LogP contribution >= 0.6 is 11.6 Å². The van der Waals surface area contributed by atoms with Gasteiger partial charge >= 0.3 is 0 Å². The van der Waals surface area contributed by atoms with Gasteiger partial charge in [0.15, 0.2) is 0 Å². The lowest BCUT2D eigenvalue weighted by Gasteiger charge is -2.09. The fourth-order valence-corrected chi connectivity index (χ4v) is 2.89. The largest absolute Gasteiger partial charge is 0.496 e. The van der Waals surface area contributed by atoms with Crippen LogP contribution in [0.4, 0.5) is 5.82 Å². The van der Waals surface area contributed by atoms with Gasteiger partial charge in [0.25, 0.3) is 5.91 Å². The number of hydrogen-bond acceptors (Lipinski definition) is 5. The predicted molar refractivity (Wildman–Crippen MR) is 110 cm³/mol. The molecule has 0 unspecified atom stereocenters. The topological polar surface area (TPSA) is 76.1 Å². The molecule has 0 aliphatic carbocycles. The average molecular weight is 397 g/mol. The van der Waals surface area contributed by atoms with E-state index >= 15 is 0 Å². The molecule has 2 N–H and O–H groups in total. The predicted octanol–water partition coefficient (Wildman–Crippen LogP) is 3.72. The zero-order valence-electron chi connectivity index (χ0n) is 15.5. The third-order valence-electron chi connectivity index (χ3n) is 4.13. The molecule has 6 nitrogen and oxygen atoms in total. The van der Waals surface area contributed by atoms with Crippen molar-refractivity contribution in [1.82, 2.24) is 15.3 Å². The van der Waals surface area contributed by atoms with E-state index in [-0.39, 0.29) is 11.6 Å². The molecule has 28 heavy (non-hydrogen) atoms. The summed E-state index contributed by atoms with van der Waals surface area (Å²) in [5.41, 5.74) is 2.29. The van der Waals surface area contributed by atoms with Crippen LogP contribution < -0.4 is 15.4 Å². The second-order valence-corrected chi connectivity index (χ2v) is 6.52. The Morgan fingerprint density at radius 3 is 2.71 bits per heavy atom. The lowest BCUT2D eigenvalue weighted by molar-refractivity contribution is 0.0945. The van der Waals surface area contributed by atoms with Gasteiger partial charge in [-0.05, 0) is 30.2 Å². The average Bonchev–Trinajstić information content (AvgIpc) is 2.73. The summed E-state index contributed by atoms with van der Waals surface area (Å²) in [5, 5.41) is 6.73. The fraction of sp³-hybridized carbons (Fsp3) is 0.190. The number of anilines is 1. The molecule has 3 aromatic rings. The first-order chi connectivity index (χ1) is 13.7. The van der Waals surface area contributed by atoms with Crippen LogP contribution in [0.15, 0.2) is 60.9 Å². The lowest BCUT2D eigenvalue weighted by Crippen LogP contribution is -2.24. The molecule has 0 atom stereocenters. The summed E-state index contributed by atoms with van der Waals surface area (Å²) in [6.45, 7) is 1.04. The van der Waals surface area contributed by atoms with Crippen LogP contribution in [0.25, 0.3) is 0 Å². The molecule has 0 radical (unpaired) electrons. The van der Waals surface area contributed by atoms with Crippen molar-refractivity contribution in [3.05, 3.63) is 82.8 Å². The van der Waals surface area contributed by atoms with E-state index in [1.54, 1.807) is 13.3 Å². The van der Waals surface area contributed by atoms with Crippen molar-refractivity contribution >= 4 is 23.3 Å². The summed E-state index contributed by atoms with van der Waals surface area (Å²) in [5.74, 6) is 1.06. The third kappa shape index (κ3) is 5.44. The monoisotopic (exact) mass is 396 g/mol. The SMILES string of the molecule is COc1ccccc1CNC(=O)c1cnc(NCCc2cccc(Cl)c2)cn1. The second-order valence-electron chi connectivity index (χ2n) is 6.09. The summed E-state index contributed by atoms with van der Waals surface area (Å²) in [4.78, 5) is 20.7. The normalized spacial score (nSPS) is 10.4. The number of hydrogen-bond donors (Lipinski definition) is 2. The van der Waals surface area contributed by atoms with E-state index in [0.717, 1.165) is 28.3 Å². The molecule has 1 heterocycles. The van der Waals surface area contributed by atoms with Crippen molar-refractivity contribution in [2.24, 2.45) is 0 Å². The number of amides is 1. The van der Waals surface area contributed by atoms with Gasteiger partial charge in [0.1, 0.15) is 17.3 Å². The van der Waals surface area contributed by atoms with Crippen molar-refractivity contribution in [3.8, 4) is 5.75 Å². The summed E-state index contributed by atoms with van der Waals surface area (Å²) < 4.78 is 5.28. The molecule has 0 aliphatic heterocycles. The number of aromatic nitrogens is 2. The molecular weight excluding hydrogens is 376 g/mol. The molecule has 0 bridgehead atoms. The van der Waals surface area contributed by atoms with E-state index in [4.69, 9.17) is 16.3 Å². The molecule has 0 saturated carbocycles. The lowest BCUT2D eigenvalue weighted by atomic mass is 10.1. The number of carbonyl (C=O) groups is 1. The maximum Gasteiger partial charge on any atom is 0.271 e. The van der Waals surface area contributed by atoms with Gasteiger partial charge in [-0.2, -0.15) is 0 Å². The van der Waals surface area contributed by atoms with E-state index < -0.39 is 0 Å². The van der Waals surface area contributed by atoms with E-state index in [2.05, 4.69) is 20.6 Å². The highest BCUT2D eigenvalue weighted by Crippen LogP contribution is 2.17. The zero-order valence-corrected chi connectivity index (χ0v) is 16.2. The van der Waals surface area contributed by atoms with Crippen molar-refractivity contribution in [2.75, 3.05) is 19.0 Å². The number of halogens is 1. The molecule has 0 fully saturated rings. The Hall–Kier alpha value is -3.12. The molecule has 2 aromatic carbocycles. The zero-order chi connectivity index (χ0) is 19.8. The molecule has 144 valence electrons. The minimum absolute atomic E-state index is 0.260. The standard InChI is InChI=1S/C21H21ClN4O2/c1-28-19-8-3-2-6-16(19)12-26-21(27)18-13-25-20(14-24-18)23-10-9-15-5-4-7-17(22)11-15/h2-8,11,13-14H,9-10,12H2,1H3,(H,23,25)(H,26,27). The molecular formula is C21H21ClN4O2. The number of methoxy groups -OCH3 is 1. The first-order valence-corrected chi connectivity index (χ1v) is 9.24. The Labute approximate surface area is 168 Å². The van der Waals surface area contributed by atoms with Crippen LogP contribution in [0, 0.1) is 0 Å². The number of benzene rings is 2. The van der Waals surface area contributed by atoms with Gasteiger partial charge in [0, 0.05) is 23.7 Å². The second kappa shape index (κ2) is 9.71. The molecule has 1 aromatic heterocycles. The van der Waals surface area contributed by atoms with Crippen LogP contribution in [0.2, 0.25) is 5.02 Å². The van der Waals surface area contributed by atoms with Gasteiger partial charge < -0.3 is 15.4 Å². The van der Waals surface area contributed by atoms with Crippen molar-refractivity contribution in [1.29, 1.82) is 0 Å². The summed E-state index contributed by atoms with van der Waals surface area (Å²) in [6, 6.07) is 15.3. The number of ether oxygens (including phenoxy) is 1. The highest BCUT2D eigenvalue weighted by atomic mass is 35.5. The van der Waals surface area contributed by atoms with Gasteiger partial charge in [-0.25, -0.2) is 9.97 Å². The Kier molecular flexibility index (Phi) is 6.81. The van der Waals surface area contributed by atoms with Crippen LogP contribution in [0.1, 0.15) is 21.6 Å². The van der Waals surface area contributed by atoms with Crippen LogP contribution in [-0.4, -0.2) is 29.5 Å². The van der Waals surface area contributed by atoms with Gasteiger partial charge in [-0.3, -0.25) is 4.79 Å². The fourth-order valence-electron chi connectivity index (χ4n) is 2.68. The molecule has 3 rings (SSSR count). The Balaban J connectivity index is 1.50. The first kappa shape index (κ1) is 19.6. The van der Waals surface area contributed by atoms with Gasteiger partial charge in [-0.1, -0.05) is 41.9 Å². The van der Waals surface area contributed by atoms with E-state index in [1.165, 1.54) is 6.20 Å². The Morgan fingerprint density at radius 1 is 1.11 bits per heavy atom. The molecule has 0 aliphatic rings. The van der Waals surface area contributed by atoms with Gasteiger partial charge in [0.2, 0.25) is 0 Å². The number of nitrogens with zero attached hydrogens (tertiary/aromatic N) is 2. The number of nitrogens with one attached hydrogen (secondary N) is 2. The Bertz CT molecular complexity index is 932.